The zero-order valence-electron chi connectivity index (χ0n) is 7.72. The van der Waals surface area contributed by atoms with E-state index in [1.54, 1.807) is 0 Å². The molecule has 1 rings (SSSR count). The summed E-state index contributed by atoms with van der Waals surface area (Å²) in [6.07, 6.45) is 4.46. The lowest BCUT2D eigenvalue weighted by Crippen LogP contribution is -2.25. The molecular weight excluding hydrogens is 166 g/mol. The lowest BCUT2D eigenvalue weighted by atomic mass is 10.3. The van der Waals surface area contributed by atoms with Crippen LogP contribution >= 0.6 is 0 Å². The Labute approximate surface area is 74.2 Å². The van der Waals surface area contributed by atoms with Gasteiger partial charge in [-0.1, -0.05) is 18.2 Å². The van der Waals surface area contributed by atoms with Crippen molar-refractivity contribution in [3.63, 3.8) is 0 Å². The first-order valence-electron chi connectivity index (χ1n) is 4.42. The molecule has 62 valence electrons. The van der Waals surface area contributed by atoms with Gasteiger partial charge in [-0.05, 0) is 19.9 Å². The van der Waals surface area contributed by atoms with Gasteiger partial charge in [-0.25, -0.2) is 0 Å². The molecule has 0 bridgehead atoms. The van der Waals surface area contributed by atoms with Crippen LogP contribution in [0.4, 0.5) is 0 Å². The summed E-state index contributed by atoms with van der Waals surface area (Å²) >= 11 is 0. The van der Waals surface area contributed by atoms with Gasteiger partial charge in [0.1, 0.15) is 0 Å². The first-order valence-corrected chi connectivity index (χ1v) is 7.54. The van der Waals surface area contributed by atoms with Gasteiger partial charge in [0.2, 0.25) is 0 Å². The number of hydrogen-bond donors (Lipinski definition) is 0. The quantitative estimate of drug-likeness (QED) is 0.551. The van der Waals surface area contributed by atoms with E-state index < -0.39 is 0 Å². The lowest BCUT2D eigenvalue weighted by Gasteiger charge is -2.16. The summed E-state index contributed by atoms with van der Waals surface area (Å²) in [5, 5.41) is 0.286. The maximum atomic E-state index is 4.64. The second-order valence-electron chi connectivity index (χ2n) is 3.55. The Kier molecular flexibility index (Phi) is 2.84. The molecule has 1 heterocycles. The van der Waals surface area contributed by atoms with Gasteiger partial charge < -0.3 is 0 Å². The average molecular weight is 183 g/mol. The van der Waals surface area contributed by atoms with Crippen LogP contribution in [0.25, 0.3) is 0 Å². The number of nitrogens with zero attached hydrogens (tertiary/aromatic N) is 1. The maximum Gasteiger partial charge on any atom is 0.0604 e. The zero-order chi connectivity index (χ0) is 8.32. The van der Waals surface area contributed by atoms with Crippen LogP contribution in [0.3, 0.4) is 0 Å². The van der Waals surface area contributed by atoms with E-state index in [0.717, 1.165) is 0 Å². The molecule has 11 heavy (non-hydrogen) atoms. The predicted molar refractivity (Wildman–Crippen MR) is 58.8 cm³/mol. The molecule has 3 heteroatoms. The van der Waals surface area contributed by atoms with Gasteiger partial charge in [0.25, 0.3) is 0 Å². The first-order chi connectivity index (χ1) is 5.16. The van der Waals surface area contributed by atoms with Crippen molar-refractivity contribution in [1.82, 2.24) is 0 Å². The average Bonchev–Trinajstić information content (AvgIpc) is 2.28. The fourth-order valence-electron chi connectivity index (χ4n) is 1.45. The Morgan fingerprint density at radius 2 is 2.45 bits per heavy atom. The van der Waals surface area contributed by atoms with E-state index in [1.807, 2.05) is 0 Å². The molecule has 0 fully saturated rings. The molecule has 1 atom stereocenters. The van der Waals surface area contributed by atoms with Gasteiger partial charge >= 0.3 is 0 Å². The Morgan fingerprint density at radius 3 is 2.91 bits per heavy atom. The van der Waals surface area contributed by atoms with Crippen molar-refractivity contribution in [3.05, 3.63) is 12.2 Å². The van der Waals surface area contributed by atoms with E-state index >= 15 is 0 Å². The van der Waals surface area contributed by atoms with Gasteiger partial charge in [0.05, 0.1) is 14.7 Å². The fourth-order valence-corrected chi connectivity index (χ4v) is 4.23. The summed E-state index contributed by atoms with van der Waals surface area (Å²) in [5.74, 6) is 0. The third kappa shape index (κ3) is 2.41. The molecular formula is C8H17NSi2. The fraction of sp³-hybridized carbons (Fsp3) is 0.625. The number of rotatable bonds is 3. The van der Waals surface area contributed by atoms with Gasteiger partial charge in [-0.2, -0.15) is 0 Å². The summed E-state index contributed by atoms with van der Waals surface area (Å²) in [6.45, 7) is 4.38. The Balaban J connectivity index is 2.50. The van der Waals surface area contributed by atoms with E-state index in [0.29, 0.717) is 0 Å². The molecule has 0 aromatic heterocycles. The number of hydrogen-bond acceptors (Lipinski definition) is 1. The van der Waals surface area contributed by atoms with Crippen molar-refractivity contribution in [1.29, 1.82) is 0 Å². The van der Waals surface area contributed by atoms with Crippen LogP contribution < -0.4 is 0 Å². The van der Waals surface area contributed by atoms with Gasteiger partial charge in [0.15, 0.2) is 0 Å². The predicted octanol–water partition coefficient (Wildman–Crippen LogP) is 0.104. The molecule has 0 N–H and O–H groups in total. The second kappa shape index (κ2) is 3.49. The number of allylic oxidation sites excluding steroid dienone is 1. The van der Waals surface area contributed by atoms with E-state index in [-0.39, 0.29) is 14.7 Å². The summed E-state index contributed by atoms with van der Waals surface area (Å²) in [7, 11) is 1.38. The summed E-state index contributed by atoms with van der Waals surface area (Å²) < 4.78 is 0. The van der Waals surface area contributed by atoms with E-state index in [9.17, 15) is 0 Å². The van der Waals surface area contributed by atoms with Crippen LogP contribution in [0.1, 0.15) is 13.8 Å². The Morgan fingerprint density at radius 1 is 1.73 bits per heavy atom. The van der Waals surface area contributed by atoms with Gasteiger partial charge in [-0.3, -0.25) is 4.99 Å². The minimum Gasteiger partial charge on any atom is -0.284 e. The molecule has 0 radical (unpaired) electrons. The molecule has 1 nitrogen and oxygen atoms in total. The van der Waals surface area contributed by atoms with Crippen molar-refractivity contribution < 1.29 is 0 Å². The molecule has 0 aliphatic carbocycles. The molecule has 1 aliphatic rings. The SMILES string of the molecule is CC1=NC(C)([SiH2]CC[SiH3])C=C1. The van der Waals surface area contributed by atoms with Crippen LogP contribution in [0.5, 0.6) is 0 Å². The normalized spacial score (nSPS) is 30.5. The zero-order valence-corrected chi connectivity index (χ0v) is 11.1. The minimum absolute atomic E-state index is 0.0199. The monoisotopic (exact) mass is 183 g/mol. The topological polar surface area (TPSA) is 12.4 Å². The molecule has 0 aromatic carbocycles. The Hall–Kier alpha value is -0.156. The highest BCUT2D eigenvalue weighted by Gasteiger charge is 2.22. The van der Waals surface area contributed by atoms with Crippen LogP contribution in [0.15, 0.2) is 17.1 Å². The summed E-state index contributed by atoms with van der Waals surface area (Å²) in [5.41, 5.74) is 1.22. The standard InChI is InChI=1S/C8H17NSi2/c1-7-3-4-8(2,9-7)11-6-5-10/h3-4H,5-6,11H2,1-2,10H3. The van der Waals surface area contributed by atoms with Crippen LogP contribution in [0, 0.1) is 0 Å². The largest absolute Gasteiger partial charge is 0.284 e. The number of aliphatic imine (C=N–C) groups is 1. The highest BCUT2D eigenvalue weighted by molar-refractivity contribution is 6.43. The van der Waals surface area contributed by atoms with E-state index in [2.05, 4.69) is 31.0 Å². The third-order valence-corrected chi connectivity index (χ3v) is 6.74. The van der Waals surface area contributed by atoms with Crippen molar-refractivity contribution in [3.8, 4) is 0 Å². The van der Waals surface area contributed by atoms with E-state index in [1.165, 1.54) is 28.0 Å². The molecule has 1 unspecified atom stereocenters. The van der Waals surface area contributed by atoms with E-state index in [4.69, 9.17) is 0 Å². The van der Waals surface area contributed by atoms with Crippen molar-refractivity contribution in [2.24, 2.45) is 4.99 Å². The smallest absolute Gasteiger partial charge is 0.0604 e. The molecule has 0 spiro atoms. The molecule has 0 aromatic rings. The van der Waals surface area contributed by atoms with Gasteiger partial charge in [-0.15, -0.1) is 0 Å². The minimum atomic E-state index is 0.0199. The first kappa shape index (κ1) is 8.94. The highest BCUT2D eigenvalue weighted by Crippen LogP contribution is 2.18. The lowest BCUT2D eigenvalue weighted by molar-refractivity contribution is 0.829. The Bertz CT molecular complexity index is 198. The summed E-state index contributed by atoms with van der Waals surface area (Å²) in [6, 6.07) is 2.94. The molecule has 0 amide bonds. The van der Waals surface area contributed by atoms with Gasteiger partial charge in [0, 0.05) is 16.0 Å². The highest BCUT2D eigenvalue weighted by atomic mass is 28.2. The van der Waals surface area contributed by atoms with Crippen molar-refractivity contribution in [2.45, 2.75) is 31.1 Å². The second-order valence-corrected chi connectivity index (χ2v) is 7.19. The van der Waals surface area contributed by atoms with Crippen molar-refractivity contribution in [2.75, 3.05) is 0 Å². The van der Waals surface area contributed by atoms with Crippen LogP contribution in [0.2, 0.25) is 12.1 Å². The molecule has 0 saturated heterocycles. The molecule has 1 aliphatic heterocycles. The molecule has 0 saturated carbocycles. The van der Waals surface area contributed by atoms with Crippen LogP contribution in [-0.4, -0.2) is 30.6 Å². The van der Waals surface area contributed by atoms with Crippen molar-refractivity contribution >= 4 is 25.5 Å². The maximum absolute atomic E-state index is 4.64. The third-order valence-electron chi connectivity index (χ3n) is 2.15. The summed E-state index contributed by atoms with van der Waals surface area (Å²) in [4.78, 5) is 4.64. The van der Waals surface area contributed by atoms with Crippen LogP contribution in [-0.2, 0) is 0 Å².